The largest absolute Gasteiger partial charge is 0.357 e. The molecule has 0 aliphatic carbocycles. The van der Waals surface area contributed by atoms with Crippen LogP contribution in [0.5, 0.6) is 0 Å². The highest BCUT2D eigenvalue weighted by molar-refractivity contribution is 5.14. The molecule has 0 spiro atoms. The molecule has 0 unspecified atom stereocenters. The minimum absolute atomic E-state index is 0.00216. The van der Waals surface area contributed by atoms with Crippen molar-refractivity contribution in [1.29, 1.82) is 0 Å². The van der Waals surface area contributed by atoms with Crippen molar-refractivity contribution in [3.8, 4) is 11.8 Å². The number of rotatable bonds is 1. The minimum Gasteiger partial charge on any atom is -0.357 e. The van der Waals surface area contributed by atoms with Gasteiger partial charge in [-0.3, -0.25) is 0 Å². The fourth-order valence-corrected chi connectivity index (χ4v) is 3.06. The summed E-state index contributed by atoms with van der Waals surface area (Å²) in [6, 6.07) is 0. The fraction of sp³-hybridized carbons (Fsp3) is 0.867. The molecule has 0 bridgehead atoms. The van der Waals surface area contributed by atoms with Crippen LogP contribution in [-0.2, 0) is 4.74 Å². The Morgan fingerprint density at radius 2 is 1.76 bits per heavy atom. The molecule has 2 nitrogen and oxygen atoms in total. The maximum Gasteiger partial charge on any atom is 0.139 e. The van der Waals surface area contributed by atoms with E-state index >= 15 is 0 Å². The Morgan fingerprint density at radius 1 is 1.06 bits per heavy atom. The number of hydrogen-bond donors (Lipinski definition) is 1. The topological polar surface area (TPSA) is 13.7 Å². The van der Waals surface area contributed by atoms with Crippen LogP contribution >= 0.6 is 0 Å². The van der Waals surface area contributed by atoms with Crippen molar-refractivity contribution in [1.82, 2.24) is 0 Å². The summed E-state index contributed by atoms with van der Waals surface area (Å²) >= 11 is 0. The summed E-state index contributed by atoms with van der Waals surface area (Å²) < 4.78 is 6.14. The number of nitrogens with one attached hydrogen (secondary N) is 1. The molecule has 1 N–H and O–H groups in total. The lowest BCUT2D eigenvalue weighted by Gasteiger charge is -2.40. The zero-order valence-electron chi connectivity index (χ0n) is 11.6. The average Bonchev–Trinajstić information content (AvgIpc) is 2.68. The van der Waals surface area contributed by atoms with Gasteiger partial charge in [-0.05, 0) is 46.0 Å². The predicted molar refractivity (Wildman–Crippen MR) is 70.0 cm³/mol. The van der Waals surface area contributed by atoms with Crippen molar-refractivity contribution < 1.29 is 9.64 Å². The molecular weight excluding hydrogens is 210 g/mol. The van der Waals surface area contributed by atoms with Crippen molar-refractivity contribution in [3.05, 3.63) is 0 Å². The van der Waals surface area contributed by atoms with Gasteiger partial charge in [0.25, 0.3) is 0 Å². The molecule has 2 heteroatoms. The molecular formula is C15H26NO+. The molecule has 96 valence electrons. The molecule has 2 rings (SSSR count). The van der Waals surface area contributed by atoms with Crippen LogP contribution in [0.1, 0.15) is 52.9 Å². The highest BCUT2D eigenvalue weighted by Gasteiger charge is 2.35. The Labute approximate surface area is 106 Å². The summed E-state index contributed by atoms with van der Waals surface area (Å²) in [6.07, 6.45) is 6.21. The van der Waals surface area contributed by atoms with Crippen LogP contribution in [-0.4, -0.2) is 30.8 Å². The van der Waals surface area contributed by atoms with Crippen LogP contribution in [0.4, 0.5) is 0 Å². The van der Waals surface area contributed by atoms with Gasteiger partial charge in [-0.1, -0.05) is 5.92 Å². The molecule has 0 radical (unpaired) electrons. The summed E-state index contributed by atoms with van der Waals surface area (Å²) in [5.41, 5.74) is -0.205. The first-order valence-corrected chi connectivity index (χ1v) is 7.03. The lowest BCUT2D eigenvalue weighted by Crippen LogP contribution is -3.09. The molecule has 1 atom stereocenters. The van der Waals surface area contributed by atoms with Crippen molar-refractivity contribution in [3.63, 3.8) is 0 Å². The SMILES string of the molecule is CC1(C)CCC[C@@](C)(C#CC[NH+]2CCCC2)O1. The van der Waals surface area contributed by atoms with Gasteiger partial charge < -0.3 is 9.64 Å². The van der Waals surface area contributed by atoms with Crippen LogP contribution < -0.4 is 4.90 Å². The minimum atomic E-state index is -0.207. The van der Waals surface area contributed by atoms with Crippen LogP contribution in [0.25, 0.3) is 0 Å². The normalized spacial score (nSPS) is 33.1. The van der Waals surface area contributed by atoms with E-state index in [1.54, 1.807) is 4.90 Å². The molecule has 0 aromatic carbocycles. The van der Waals surface area contributed by atoms with E-state index in [2.05, 4.69) is 32.6 Å². The van der Waals surface area contributed by atoms with Gasteiger partial charge in [0.1, 0.15) is 12.1 Å². The Bertz CT molecular complexity index is 320. The maximum atomic E-state index is 6.14. The molecule has 2 saturated heterocycles. The first kappa shape index (κ1) is 12.9. The van der Waals surface area contributed by atoms with E-state index in [9.17, 15) is 0 Å². The average molecular weight is 236 g/mol. The molecule has 0 amide bonds. The van der Waals surface area contributed by atoms with Gasteiger partial charge in [0.2, 0.25) is 0 Å². The van der Waals surface area contributed by atoms with Crippen LogP contribution in [0.2, 0.25) is 0 Å². The standard InChI is InChI=1S/C15H25NO/c1-14(2)8-6-9-15(3,17-14)10-7-13-16-11-4-5-12-16/h4-6,8-9,11-13H2,1-3H3/p+1/t15-/m0/s1. The van der Waals surface area contributed by atoms with E-state index in [0.717, 1.165) is 19.4 Å². The van der Waals surface area contributed by atoms with Gasteiger partial charge in [-0.15, -0.1) is 0 Å². The zero-order valence-corrected chi connectivity index (χ0v) is 11.6. The smallest absolute Gasteiger partial charge is 0.139 e. The summed E-state index contributed by atoms with van der Waals surface area (Å²) in [6.45, 7) is 10.1. The van der Waals surface area contributed by atoms with E-state index in [0.29, 0.717) is 0 Å². The van der Waals surface area contributed by atoms with Crippen molar-refractivity contribution >= 4 is 0 Å². The Balaban J connectivity index is 1.89. The van der Waals surface area contributed by atoms with E-state index in [1.807, 2.05) is 0 Å². The zero-order chi connectivity index (χ0) is 12.4. The van der Waals surface area contributed by atoms with E-state index < -0.39 is 0 Å². The van der Waals surface area contributed by atoms with E-state index in [4.69, 9.17) is 4.74 Å². The molecule has 2 fully saturated rings. The highest BCUT2D eigenvalue weighted by atomic mass is 16.5. The third-order valence-corrected chi connectivity index (χ3v) is 3.94. The summed E-state index contributed by atoms with van der Waals surface area (Å²) in [4.78, 5) is 1.65. The van der Waals surface area contributed by atoms with Crippen LogP contribution in [0, 0.1) is 11.8 Å². The molecule has 17 heavy (non-hydrogen) atoms. The summed E-state index contributed by atoms with van der Waals surface area (Å²) in [5.74, 6) is 6.75. The molecule has 2 heterocycles. The van der Waals surface area contributed by atoms with Crippen LogP contribution in [0.3, 0.4) is 0 Å². The second kappa shape index (κ2) is 5.00. The Hall–Kier alpha value is -0.520. The van der Waals surface area contributed by atoms with Crippen molar-refractivity contribution in [2.45, 2.75) is 64.1 Å². The number of ether oxygens (including phenoxy) is 1. The third-order valence-electron chi connectivity index (χ3n) is 3.94. The van der Waals surface area contributed by atoms with Gasteiger partial charge in [-0.2, -0.15) is 0 Å². The van der Waals surface area contributed by atoms with Gasteiger partial charge in [0.05, 0.1) is 18.7 Å². The van der Waals surface area contributed by atoms with E-state index in [1.165, 1.54) is 32.4 Å². The summed E-state index contributed by atoms with van der Waals surface area (Å²) in [5, 5.41) is 0. The molecule has 2 aliphatic rings. The third kappa shape index (κ3) is 3.72. The molecule has 0 aromatic rings. The lowest BCUT2D eigenvalue weighted by atomic mass is 9.88. The van der Waals surface area contributed by atoms with Crippen LogP contribution in [0.15, 0.2) is 0 Å². The Morgan fingerprint density at radius 3 is 2.41 bits per heavy atom. The van der Waals surface area contributed by atoms with Gasteiger partial charge >= 0.3 is 0 Å². The van der Waals surface area contributed by atoms with Gasteiger partial charge in [0, 0.05) is 12.8 Å². The monoisotopic (exact) mass is 236 g/mol. The highest BCUT2D eigenvalue weighted by Crippen LogP contribution is 2.34. The van der Waals surface area contributed by atoms with E-state index in [-0.39, 0.29) is 11.2 Å². The molecule has 0 aromatic heterocycles. The van der Waals surface area contributed by atoms with Gasteiger partial charge in [-0.25, -0.2) is 0 Å². The van der Waals surface area contributed by atoms with Crippen molar-refractivity contribution in [2.75, 3.05) is 19.6 Å². The predicted octanol–water partition coefficient (Wildman–Crippen LogP) is 1.41. The van der Waals surface area contributed by atoms with Gasteiger partial charge in [0.15, 0.2) is 0 Å². The quantitative estimate of drug-likeness (QED) is 0.680. The Kier molecular flexibility index (Phi) is 3.80. The second-order valence-corrected chi connectivity index (χ2v) is 6.38. The fourth-order valence-electron chi connectivity index (χ4n) is 3.06. The first-order valence-electron chi connectivity index (χ1n) is 7.03. The second-order valence-electron chi connectivity index (χ2n) is 6.38. The molecule has 0 saturated carbocycles. The maximum absolute atomic E-state index is 6.14. The number of quaternary nitrogens is 1. The summed E-state index contributed by atoms with van der Waals surface area (Å²) in [7, 11) is 0. The number of likely N-dealkylation sites (tertiary alicyclic amines) is 1. The van der Waals surface area contributed by atoms with Crippen molar-refractivity contribution in [2.24, 2.45) is 0 Å². The lowest BCUT2D eigenvalue weighted by molar-refractivity contribution is -0.879. The number of hydrogen-bond acceptors (Lipinski definition) is 1. The first-order chi connectivity index (χ1) is 7.99. The molecule has 2 aliphatic heterocycles.